The summed E-state index contributed by atoms with van der Waals surface area (Å²) in [6.07, 6.45) is 7.31. The van der Waals surface area contributed by atoms with Crippen LogP contribution in [0.15, 0.2) is 23.1 Å². The van der Waals surface area contributed by atoms with E-state index in [9.17, 15) is 12.8 Å². The Morgan fingerprint density at radius 2 is 1.65 bits per heavy atom. The number of hydrogen-bond donors (Lipinski definition) is 0. The van der Waals surface area contributed by atoms with E-state index in [0.717, 1.165) is 12.8 Å². The molecule has 2 bridgehead atoms. The first-order valence-corrected chi connectivity index (χ1v) is 11.4. The minimum Gasteiger partial charge on any atom is -0.300 e. The summed E-state index contributed by atoms with van der Waals surface area (Å²) in [5, 5.41) is 0. The number of rotatable bonds is 3. The highest BCUT2D eigenvalue weighted by atomic mass is 32.2. The van der Waals surface area contributed by atoms with Crippen molar-refractivity contribution in [3.05, 3.63) is 29.6 Å². The van der Waals surface area contributed by atoms with Gasteiger partial charge in [-0.2, -0.15) is 4.31 Å². The molecule has 4 nitrogen and oxygen atoms in total. The molecule has 1 aliphatic carbocycles. The number of hydrogen-bond acceptors (Lipinski definition) is 3. The molecule has 0 amide bonds. The van der Waals surface area contributed by atoms with E-state index in [1.807, 2.05) is 0 Å². The third kappa shape index (κ3) is 3.32. The van der Waals surface area contributed by atoms with Gasteiger partial charge < -0.3 is 0 Å². The Morgan fingerprint density at radius 3 is 2.27 bits per heavy atom. The van der Waals surface area contributed by atoms with Crippen LogP contribution in [0.25, 0.3) is 0 Å². The Kier molecular flexibility index (Phi) is 5.10. The molecule has 0 spiro atoms. The van der Waals surface area contributed by atoms with E-state index in [-0.39, 0.29) is 10.7 Å². The molecule has 4 rings (SSSR count). The summed E-state index contributed by atoms with van der Waals surface area (Å²) >= 11 is 0. The summed E-state index contributed by atoms with van der Waals surface area (Å²) in [5.74, 6) is 0.467. The van der Waals surface area contributed by atoms with Gasteiger partial charge in [-0.25, -0.2) is 12.8 Å². The first-order valence-electron chi connectivity index (χ1n) is 9.97. The van der Waals surface area contributed by atoms with Crippen LogP contribution in [0.5, 0.6) is 0 Å². The average molecular weight is 381 g/mol. The Bertz CT molecular complexity index is 747. The van der Waals surface area contributed by atoms with Gasteiger partial charge in [0.15, 0.2) is 0 Å². The van der Waals surface area contributed by atoms with Crippen molar-refractivity contribution < 1.29 is 12.8 Å². The van der Waals surface area contributed by atoms with Crippen LogP contribution in [0.2, 0.25) is 0 Å². The highest BCUT2D eigenvalue weighted by Gasteiger charge is 2.45. The van der Waals surface area contributed by atoms with Crippen molar-refractivity contribution in [2.75, 3.05) is 26.2 Å². The standard InChI is InChI=1S/C20H29FN2O2S/c1-15-12-18(21)8-9-19(15)26(24,25)23-13-16-6-5-7-17(14-23)20(16)22-10-3-2-4-11-22/h8-9,12,16-17,20H,2-7,10-11,13-14H2,1H3/t16-,17+,20?. The molecule has 1 saturated carbocycles. The fourth-order valence-corrected chi connectivity index (χ4v) is 7.17. The second-order valence-electron chi connectivity index (χ2n) is 8.27. The van der Waals surface area contributed by atoms with Crippen LogP contribution in [0.3, 0.4) is 0 Å². The highest BCUT2D eigenvalue weighted by molar-refractivity contribution is 7.89. The van der Waals surface area contributed by atoms with Gasteiger partial charge in [-0.1, -0.05) is 12.8 Å². The second kappa shape index (κ2) is 7.21. The maximum Gasteiger partial charge on any atom is 0.243 e. The van der Waals surface area contributed by atoms with Crippen molar-refractivity contribution in [2.24, 2.45) is 11.8 Å². The van der Waals surface area contributed by atoms with Crippen LogP contribution >= 0.6 is 0 Å². The normalized spacial score (nSPS) is 31.1. The number of sulfonamides is 1. The van der Waals surface area contributed by atoms with Crippen LogP contribution in [0, 0.1) is 24.6 Å². The molecular weight excluding hydrogens is 351 g/mol. The molecule has 1 unspecified atom stereocenters. The average Bonchev–Trinajstić information content (AvgIpc) is 2.61. The van der Waals surface area contributed by atoms with Gasteiger partial charge in [-0.05, 0) is 81.3 Å². The Morgan fingerprint density at radius 1 is 1.00 bits per heavy atom. The maximum absolute atomic E-state index is 13.4. The lowest BCUT2D eigenvalue weighted by Crippen LogP contribution is -2.59. The van der Waals surface area contributed by atoms with Crippen molar-refractivity contribution in [3.63, 3.8) is 0 Å². The fraction of sp³-hybridized carbons (Fsp3) is 0.700. The fourth-order valence-electron chi connectivity index (χ4n) is 5.42. The zero-order chi connectivity index (χ0) is 18.3. The van der Waals surface area contributed by atoms with Gasteiger partial charge in [-0.3, -0.25) is 4.90 Å². The summed E-state index contributed by atoms with van der Waals surface area (Å²) in [6, 6.07) is 4.53. The first-order chi connectivity index (χ1) is 12.5. The number of nitrogens with zero attached hydrogens (tertiary/aromatic N) is 2. The van der Waals surface area contributed by atoms with E-state index < -0.39 is 10.0 Å². The van der Waals surface area contributed by atoms with Crippen molar-refractivity contribution in [1.29, 1.82) is 0 Å². The lowest BCUT2D eigenvalue weighted by Gasteiger charge is -2.52. The van der Waals surface area contributed by atoms with Crippen molar-refractivity contribution in [1.82, 2.24) is 9.21 Å². The number of benzene rings is 1. The molecule has 3 aliphatic rings. The third-order valence-electron chi connectivity index (χ3n) is 6.56. The second-order valence-corrected chi connectivity index (χ2v) is 10.2. The lowest BCUT2D eigenvalue weighted by molar-refractivity contribution is -0.00312. The van der Waals surface area contributed by atoms with Crippen molar-refractivity contribution in [3.8, 4) is 0 Å². The molecule has 1 aromatic rings. The molecule has 2 saturated heterocycles. The summed E-state index contributed by atoms with van der Waals surface area (Å²) in [4.78, 5) is 2.90. The minimum atomic E-state index is -3.56. The maximum atomic E-state index is 13.4. The minimum absolute atomic E-state index is 0.258. The van der Waals surface area contributed by atoms with Crippen LogP contribution in [0.1, 0.15) is 44.1 Å². The summed E-state index contributed by atoms with van der Waals surface area (Å²) in [7, 11) is -3.56. The van der Waals surface area contributed by atoms with E-state index >= 15 is 0 Å². The predicted molar refractivity (Wildman–Crippen MR) is 99.9 cm³/mol. The Balaban J connectivity index is 1.58. The van der Waals surface area contributed by atoms with E-state index in [4.69, 9.17) is 0 Å². The van der Waals surface area contributed by atoms with E-state index in [1.165, 1.54) is 57.0 Å². The van der Waals surface area contributed by atoms with Crippen molar-refractivity contribution in [2.45, 2.75) is 56.4 Å². The smallest absolute Gasteiger partial charge is 0.243 e. The SMILES string of the molecule is Cc1cc(F)ccc1S(=O)(=O)N1C[C@H]2CCC[C@@H](C1)C2N1CCCCC1. The first kappa shape index (κ1) is 18.4. The van der Waals surface area contributed by atoms with Crippen LogP contribution in [-0.2, 0) is 10.0 Å². The topological polar surface area (TPSA) is 40.6 Å². The highest BCUT2D eigenvalue weighted by Crippen LogP contribution is 2.40. The van der Waals surface area contributed by atoms with E-state index in [0.29, 0.717) is 36.5 Å². The molecule has 0 aromatic heterocycles. The number of aryl methyl sites for hydroxylation is 1. The predicted octanol–water partition coefficient (Wildman–Crippen LogP) is 3.41. The van der Waals surface area contributed by atoms with E-state index in [1.54, 1.807) is 11.2 Å². The van der Waals surface area contributed by atoms with Gasteiger partial charge in [0.1, 0.15) is 5.82 Å². The molecule has 144 valence electrons. The van der Waals surface area contributed by atoms with Gasteiger partial charge in [0.2, 0.25) is 10.0 Å². The molecule has 26 heavy (non-hydrogen) atoms. The number of fused-ring (bicyclic) bond motifs is 2. The molecule has 1 aromatic carbocycles. The van der Waals surface area contributed by atoms with Gasteiger partial charge in [0.25, 0.3) is 0 Å². The third-order valence-corrected chi connectivity index (χ3v) is 8.55. The largest absolute Gasteiger partial charge is 0.300 e. The van der Waals surface area contributed by atoms with Crippen LogP contribution in [-0.4, -0.2) is 49.8 Å². The summed E-state index contributed by atoms with van der Waals surface area (Å²) < 4.78 is 41.5. The van der Waals surface area contributed by atoms with Gasteiger partial charge in [-0.15, -0.1) is 0 Å². The molecule has 3 fully saturated rings. The molecule has 0 radical (unpaired) electrons. The zero-order valence-electron chi connectivity index (χ0n) is 15.5. The summed E-state index contributed by atoms with van der Waals surface area (Å²) in [6.45, 7) is 5.23. The van der Waals surface area contributed by atoms with Gasteiger partial charge in [0, 0.05) is 19.1 Å². The summed E-state index contributed by atoms with van der Waals surface area (Å²) in [5.41, 5.74) is 0.494. The Labute approximate surface area is 156 Å². The molecule has 2 heterocycles. The number of likely N-dealkylation sites (tertiary alicyclic amines) is 1. The Hall–Kier alpha value is -0.980. The van der Waals surface area contributed by atoms with Crippen LogP contribution in [0.4, 0.5) is 4.39 Å². The number of piperidine rings is 2. The molecule has 6 heteroatoms. The van der Waals surface area contributed by atoms with Gasteiger partial charge >= 0.3 is 0 Å². The van der Waals surface area contributed by atoms with Crippen molar-refractivity contribution >= 4 is 10.0 Å². The molecule has 3 atom stereocenters. The molecule has 0 N–H and O–H groups in total. The van der Waals surface area contributed by atoms with E-state index in [2.05, 4.69) is 4.90 Å². The zero-order valence-corrected chi connectivity index (χ0v) is 16.3. The number of halogens is 1. The lowest BCUT2D eigenvalue weighted by atomic mass is 9.73. The monoisotopic (exact) mass is 380 g/mol. The molecular formula is C20H29FN2O2S. The quantitative estimate of drug-likeness (QED) is 0.807. The molecule has 2 aliphatic heterocycles. The van der Waals surface area contributed by atoms with Crippen LogP contribution < -0.4 is 0 Å². The van der Waals surface area contributed by atoms with Gasteiger partial charge in [0.05, 0.1) is 4.90 Å².